The number of amides is 12. The Hall–Kier alpha value is -8.36. The van der Waals surface area contributed by atoms with Gasteiger partial charge in [-0.15, -0.1) is 13.2 Å². The number of halogens is 4. The minimum atomic E-state index is -4.78. The Labute approximate surface area is 616 Å². The second-order valence-corrected chi connectivity index (χ2v) is 30.2. The normalized spacial score (nSPS) is 24.9. The Kier molecular flexibility index (Phi) is 30.1. The second kappa shape index (κ2) is 37.1. The van der Waals surface area contributed by atoms with Crippen LogP contribution >= 0.6 is 11.6 Å². The summed E-state index contributed by atoms with van der Waals surface area (Å²) in [4.78, 5) is 192. The molecule has 2 aliphatic carbocycles. The molecule has 574 valence electrons. The summed E-state index contributed by atoms with van der Waals surface area (Å²) in [6.07, 6.45) is 0.0869. The lowest BCUT2D eigenvalue weighted by Crippen LogP contribution is -2.65. The molecule has 2 aromatic rings. The number of aryl methyl sites for hydroxylation is 2. The highest BCUT2D eigenvalue weighted by molar-refractivity contribution is 6.31. The average molecular weight is 1480 g/mol. The summed E-state index contributed by atoms with van der Waals surface area (Å²) in [7, 11) is 11.3. The molecule has 2 aromatic carbocycles. The summed E-state index contributed by atoms with van der Waals surface area (Å²) in [5.41, 5.74) is -0.446. The van der Waals surface area contributed by atoms with Gasteiger partial charge < -0.3 is 60.0 Å². The minimum Gasteiger partial charge on any atom is -0.347 e. The van der Waals surface area contributed by atoms with Gasteiger partial charge in [0.2, 0.25) is 70.9 Å². The van der Waals surface area contributed by atoms with Crippen molar-refractivity contribution >= 4 is 82.5 Å². The maximum absolute atomic E-state index is 15.6. The molecular formula is C76H110ClF3N12O12. The number of hydrogen-bond donors (Lipinski definition) is 3. The summed E-state index contributed by atoms with van der Waals surface area (Å²) in [6.45, 7) is 17.2. The predicted molar refractivity (Wildman–Crippen MR) is 388 cm³/mol. The quantitative estimate of drug-likeness (QED) is 0.160. The third-order valence-electron chi connectivity index (χ3n) is 21.2. The van der Waals surface area contributed by atoms with Crippen LogP contribution in [0.25, 0.3) is 0 Å². The van der Waals surface area contributed by atoms with Crippen molar-refractivity contribution < 1.29 is 70.7 Å². The van der Waals surface area contributed by atoms with Crippen LogP contribution in [0.1, 0.15) is 153 Å². The number of likely N-dealkylation sites (N-methyl/N-ethyl adjacent to an activating group) is 7. The van der Waals surface area contributed by atoms with E-state index < -0.39 is 173 Å². The molecule has 9 atom stereocenters. The summed E-state index contributed by atoms with van der Waals surface area (Å²) in [6, 6.07) is -0.285. The Morgan fingerprint density at radius 2 is 1.33 bits per heavy atom. The van der Waals surface area contributed by atoms with Gasteiger partial charge in [0.1, 0.15) is 53.9 Å². The van der Waals surface area contributed by atoms with Gasteiger partial charge in [0.15, 0.2) is 0 Å². The van der Waals surface area contributed by atoms with E-state index in [0.717, 1.165) is 45.2 Å². The first kappa shape index (κ1) is 84.6. The molecule has 24 nitrogen and oxygen atoms in total. The molecule has 6 rings (SSSR count). The Morgan fingerprint density at radius 3 is 1.89 bits per heavy atom. The molecule has 28 heteroatoms. The fourth-order valence-electron chi connectivity index (χ4n) is 14.8. The van der Waals surface area contributed by atoms with Crippen LogP contribution in [0.4, 0.5) is 13.2 Å². The Morgan fingerprint density at radius 1 is 0.721 bits per heavy atom. The third kappa shape index (κ3) is 21.0. The van der Waals surface area contributed by atoms with Crippen molar-refractivity contribution in [1.82, 2.24) is 60.0 Å². The summed E-state index contributed by atoms with van der Waals surface area (Å²) in [5, 5.41) is 8.10. The highest BCUT2D eigenvalue weighted by Crippen LogP contribution is 2.38. The van der Waals surface area contributed by atoms with E-state index in [0.29, 0.717) is 49.7 Å². The van der Waals surface area contributed by atoms with Crippen molar-refractivity contribution in [2.24, 2.45) is 17.8 Å². The van der Waals surface area contributed by atoms with E-state index in [4.69, 9.17) is 11.6 Å². The highest BCUT2D eigenvalue weighted by atomic mass is 35.5. The van der Waals surface area contributed by atoms with Crippen LogP contribution in [0.2, 0.25) is 5.02 Å². The lowest BCUT2D eigenvalue weighted by molar-refractivity contribution is -0.156. The number of nitrogens with one attached hydrogen (secondary N) is 3. The Bertz CT molecular complexity index is 3490. The molecule has 2 saturated carbocycles. The molecule has 4 aliphatic rings. The largest absolute Gasteiger partial charge is 0.417 e. The number of nitrogens with zero attached hydrogens (tertiary/aromatic N) is 9. The zero-order chi connectivity index (χ0) is 77.6. The molecular weight excluding hydrogens is 1370 g/mol. The van der Waals surface area contributed by atoms with Gasteiger partial charge in [0.05, 0.1) is 30.1 Å². The van der Waals surface area contributed by atoms with E-state index in [9.17, 15) is 41.9 Å². The molecule has 12 amide bonds. The van der Waals surface area contributed by atoms with Crippen molar-refractivity contribution in [3.63, 3.8) is 0 Å². The maximum Gasteiger partial charge on any atom is 0.417 e. The van der Waals surface area contributed by atoms with Gasteiger partial charge in [-0.3, -0.25) is 57.5 Å². The van der Waals surface area contributed by atoms with Gasteiger partial charge in [0, 0.05) is 75.9 Å². The first-order chi connectivity index (χ1) is 48.8. The molecule has 0 unspecified atom stereocenters. The van der Waals surface area contributed by atoms with Gasteiger partial charge in [-0.05, 0) is 119 Å². The van der Waals surface area contributed by atoms with Crippen LogP contribution in [-0.2, 0) is 76.6 Å². The van der Waals surface area contributed by atoms with E-state index in [2.05, 4.69) is 29.1 Å². The molecule has 0 bridgehead atoms. The molecule has 2 saturated heterocycles. The molecule has 2 heterocycles. The number of hydrogen-bond acceptors (Lipinski definition) is 12. The van der Waals surface area contributed by atoms with Gasteiger partial charge in [-0.1, -0.05) is 119 Å². The number of alkyl halides is 3. The maximum atomic E-state index is 15.6. The van der Waals surface area contributed by atoms with Crippen LogP contribution < -0.4 is 16.0 Å². The van der Waals surface area contributed by atoms with Crippen molar-refractivity contribution in [2.75, 3.05) is 82.6 Å². The number of carbonyl (C=O) groups is 12. The number of carbonyl (C=O) groups excluding carboxylic acids is 12. The van der Waals surface area contributed by atoms with Crippen LogP contribution in [-0.4, -0.2) is 251 Å². The fourth-order valence-corrected chi connectivity index (χ4v) is 15.1. The van der Waals surface area contributed by atoms with Gasteiger partial charge in [-0.25, -0.2) is 0 Å². The minimum absolute atomic E-state index is 0.00444. The lowest BCUT2D eigenvalue weighted by atomic mass is 9.90. The third-order valence-corrected chi connectivity index (χ3v) is 21.5. The molecule has 0 radical (unpaired) electrons. The van der Waals surface area contributed by atoms with Crippen LogP contribution in [0.3, 0.4) is 0 Å². The van der Waals surface area contributed by atoms with Crippen molar-refractivity contribution in [2.45, 2.75) is 211 Å². The summed E-state index contributed by atoms with van der Waals surface area (Å²) in [5.74, 6) is -9.63. The van der Waals surface area contributed by atoms with Gasteiger partial charge >= 0.3 is 6.18 Å². The van der Waals surface area contributed by atoms with Crippen molar-refractivity contribution in [1.29, 1.82) is 0 Å². The fraction of sp³-hybridized carbons (Fsp3) is 0.632. The monoisotopic (exact) mass is 1470 g/mol. The molecule has 104 heavy (non-hydrogen) atoms. The van der Waals surface area contributed by atoms with Gasteiger partial charge in [0.25, 0.3) is 0 Å². The standard InChI is InChI=1S/C76H110ClF3N12O12/c1-17-37-91-60(42-51-29-27-48(7)28-30-51)70(100)85(11)44-61(93)81-55(34-32-50-31-33-53(54(77)41-50)76(78,79)80)68(98)92-38-23-26-56(92)67(97)83-75(35-21-22-36-75)74(104)90(16)65(52-24-19-20-25-52)73(103)89(15)59(69(99)84(9)10)43-62(94)87(13)57(39-46(3)4)66(96)82-64(49(8)18-2)72(102)86(12)45-63(95)88(14)58(71(91)101)40-47(5)6/h17,27-31,33,41,46,49,52,55-60,64-65H,1,5,18-26,32,34-40,42-45H2,2-4,6-16H3,(H,81,93)(H,82,96)(H,83,97)/t49-,55+,56+,57-,58-,59-,60-,64-,65-/m0/s1. The van der Waals surface area contributed by atoms with Crippen molar-refractivity contribution in [3.8, 4) is 0 Å². The SMILES string of the molecule is C=CCN1C(=O)[C@H](CC(=C)C)N(C)C(=O)CN(C)C(=O)[C@H]([C@@H](C)CC)NC(=O)[C@H](CC(C)C)N(C)C(=O)C[C@@H](C(=O)N(C)C)N(C)C(=O)[C@H](C2CCCC2)N(C)C(=O)C2(CCCC2)NC(=O)[C@H]2CCCN2C(=O)[C@@H](CCc2ccc(C(F)(F)F)c(Cl)c2)NC(=O)CN(C)C(=O)[C@@H]1Cc1ccc(C)cc1. The summed E-state index contributed by atoms with van der Waals surface area (Å²) >= 11 is 6.18. The van der Waals surface area contributed by atoms with Crippen LogP contribution in [0.15, 0.2) is 67.3 Å². The summed E-state index contributed by atoms with van der Waals surface area (Å²) < 4.78 is 41.8. The number of rotatable bonds is 15. The first-order valence-corrected chi connectivity index (χ1v) is 36.6. The molecule has 4 fully saturated rings. The van der Waals surface area contributed by atoms with Crippen molar-refractivity contribution in [3.05, 3.63) is 94.5 Å². The highest BCUT2D eigenvalue weighted by Gasteiger charge is 2.52. The molecule has 2 aliphatic heterocycles. The Balaban J connectivity index is 1.49. The topological polar surface area (TPSA) is 270 Å². The van der Waals surface area contributed by atoms with E-state index in [1.54, 1.807) is 26.0 Å². The van der Waals surface area contributed by atoms with E-state index >= 15 is 28.8 Å². The molecule has 0 aromatic heterocycles. The number of fused-ring (bicyclic) bond motifs is 1. The average Bonchev–Trinajstić information content (AvgIpc) is 1.34. The first-order valence-electron chi connectivity index (χ1n) is 36.2. The molecule has 1 spiro atoms. The van der Waals surface area contributed by atoms with E-state index in [-0.39, 0.29) is 75.9 Å². The van der Waals surface area contributed by atoms with E-state index in [1.807, 2.05) is 39.8 Å². The molecule has 3 N–H and O–H groups in total. The second-order valence-electron chi connectivity index (χ2n) is 29.8. The number of benzene rings is 2. The van der Waals surface area contributed by atoms with Crippen LogP contribution in [0, 0.1) is 24.7 Å². The van der Waals surface area contributed by atoms with E-state index in [1.165, 1.54) is 97.9 Å². The lowest BCUT2D eigenvalue weighted by Gasteiger charge is -2.42. The van der Waals surface area contributed by atoms with Gasteiger partial charge in [-0.2, -0.15) is 13.2 Å². The zero-order valence-electron chi connectivity index (χ0n) is 63.2. The zero-order valence-corrected chi connectivity index (χ0v) is 63.9. The smallest absolute Gasteiger partial charge is 0.347 e. The van der Waals surface area contributed by atoms with Crippen LogP contribution in [0.5, 0.6) is 0 Å². The predicted octanol–water partition coefficient (Wildman–Crippen LogP) is 6.58.